The predicted octanol–water partition coefficient (Wildman–Crippen LogP) is 3.00. The fourth-order valence-electron chi connectivity index (χ4n) is 3.16. The number of benzene rings is 1. The van der Waals surface area contributed by atoms with Crippen LogP contribution in [0, 0.1) is 0 Å². The van der Waals surface area contributed by atoms with E-state index in [1.165, 1.54) is 30.4 Å². The Morgan fingerprint density at radius 2 is 2.06 bits per heavy atom. The van der Waals surface area contributed by atoms with Crippen molar-refractivity contribution in [2.75, 3.05) is 6.54 Å². The molecule has 0 saturated carbocycles. The van der Waals surface area contributed by atoms with Gasteiger partial charge in [-0.1, -0.05) is 13.0 Å². The van der Waals surface area contributed by atoms with E-state index < -0.39 is 0 Å². The van der Waals surface area contributed by atoms with E-state index in [1.54, 1.807) is 5.56 Å². The van der Waals surface area contributed by atoms with E-state index in [9.17, 15) is 0 Å². The van der Waals surface area contributed by atoms with E-state index in [1.807, 2.05) is 0 Å². The molecule has 0 fully saturated rings. The average molecular weight is 231 g/mol. The van der Waals surface area contributed by atoms with Crippen molar-refractivity contribution in [3.8, 4) is 5.75 Å². The normalized spacial score (nSPS) is 26.2. The summed E-state index contributed by atoms with van der Waals surface area (Å²) in [7, 11) is 0. The maximum atomic E-state index is 5.99. The lowest BCUT2D eigenvalue weighted by molar-refractivity contribution is 0.167. The summed E-state index contributed by atoms with van der Waals surface area (Å²) in [6.45, 7) is 5.36. The molecule has 0 amide bonds. The zero-order chi connectivity index (χ0) is 11.8. The molecule has 0 saturated heterocycles. The molecule has 92 valence electrons. The van der Waals surface area contributed by atoms with Gasteiger partial charge in [-0.15, -0.1) is 0 Å². The van der Waals surface area contributed by atoms with Crippen LogP contribution in [0.25, 0.3) is 0 Å². The minimum Gasteiger partial charge on any atom is -0.490 e. The van der Waals surface area contributed by atoms with E-state index >= 15 is 0 Å². The first-order valence-corrected chi connectivity index (χ1v) is 6.83. The first-order chi connectivity index (χ1) is 8.28. The Morgan fingerprint density at radius 3 is 2.82 bits per heavy atom. The third-order valence-corrected chi connectivity index (χ3v) is 3.95. The SMILES string of the molecule is CCNC1CC(C)Oc2cc3c(cc21)CCC3. The summed E-state index contributed by atoms with van der Waals surface area (Å²) in [5.74, 6) is 1.12. The predicted molar refractivity (Wildman–Crippen MR) is 69.6 cm³/mol. The number of ether oxygens (including phenoxy) is 1. The molecule has 0 radical (unpaired) electrons. The average Bonchev–Trinajstić information content (AvgIpc) is 2.73. The smallest absolute Gasteiger partial charge is 0.124 e. The molecule has 0 bridgehead atoms. The van der Waals surface area contributed by atoms with Crippen LogP contribution in [0.5, 0.6) is 5.75 Å². The molecule has 1 aliphatic heterocycles. The van der Waals surface area contributed by atoms with Gasteiger partial charge in [0.05, 0.1) is 6.10 Å². The highest BCUT2D eigenvalue weighted by Gasteiger charge is 2.27. The van der Waals surface area contributed by atoms with Gasteiger partial charge < -0.3 is 10.1 Å². The summed E-state index contributed by atoms with van der Waals surface area (Å²) in [6, 6.07) is 5.15. The number of aryl methyl sites for hydroxylation is 2. The molecular formula is C15H21NO. The highest BCUT2D eigenvalue weighted by molar-refractivity contribution is 5.47. The van der Waals surface area contributed by atoms with Crippen LogP contribution in [-0.2, 0) is 12.8 Å². The summed E-state index contributed by atoms with van der Waals surface area (Å²) >= 11 is 0. The van der Waals surface area contributed by atoms with Gasteiger partial charge in [0.2, 0.25) is 0 Å². The van der Waals surface area contributed by atoms with Crippen molar-refractivity contribution in [2.45, 2.75) is 51.7 Å². The molecule has 1 aliphatic carbocycles. The third-order valence-electron chi connectivity index (χ3n) is 3.95. The first-order valence-electron chi connectivity index (χ1n) is 6.83. The van der Waals surface area contributed by atoms with Gasteiger partial charge in [0.15, 0.2) is 0 Å². The van der Waals surface area contributed by atoms with Gasteiger partial charge in [0.25, 0.3) is 0 Å². The molecule has 1 aromatic rings. The van der Waals surface area contributed by atoms with Crippen molar-refractivity contribution in [1.82, 2.24) is 5.32 Å². The first kappa shape index (κ1) is 11.1. The molecule has 2 atom stereocenters. The van der Waals surface area contributed by atoms with E-state index in [0.29, 0.717) is 12.1 Å². The molecule has 2 nitrogen and oxygen atoms in total. The van der Waals surface area contributed by atoms with Crippen LogP contribution in [0.2, 0.25) is 0 Å². The Kier molecular flexibility index (Phi) is 2.83. The third kappa shape index (κ3) is 1.95. The van der Waals surface area contributed by atoms with Gasteiger partial charge in [0, 0.05) is 18.0 Å². The molecule has 0 spiro atoms. The molecule has 2 unspecified atom stereocenters. The molecular weight excluding hydrogens is 210 g/mol. The number of hydrogen-bond donors (Lipinski definition) is 1. The molecule has 1 aromatic carbocycles. The van der Waals surface area contributed by atoms with Crippen LogP contribution in [-0.4, -0.2) is 12.6 Å². The van der Waals surface area contributed by atoms with Gasteiger partial charge in [-0.2, -0.15) is 0 Å². The Morgan fingerprint density at radius 1 is 1.29 bits per heavy atom. The fraction of sp³-hybridized carbons (Fsp3) is 0.600. The van der Waals surface area contributed by atoms with Gasteiger partial charge in [0.1, 0.15) is 5.75 Å². The Labute approximate surface area is 103 Å². The van der Waals surface area contributed by atoms with Gasteiger partial charge in [-0.05, 0) is 49.9 Å². The molecule has 2 heteroatoms. The van der Waals surface area contributed by atoms with E-state index in [-0.39, 0.29) is 0 Å². The maximum Gasteiger partial charge on any atom is 0.124 e. The highest BCUT2D eigenvalue weighted by atomic mass is 16.5. The van der Waals surface area contributed by atoms with Crippen LogP contribution in [0.3, 0.4) is 0 Å². The molecule has 17 heavy (non-hydrogen) atoms. The zero-order valence-corrected chi connectivity index (χ0v) is 10.8. The van der Waals surface area contributed by atoms with E-state index in [0.717, 1.165) is 18.7 Å². The Balaban J connectivity index is 2.01. The van der Waals surface area contributed by atoms with Crippen LogP contribution in [0.4, 0.5) is 0 Å². The van der Waals surface area contributed by atoms with E-state index in [2.05, 4.69) is 31.3 Å². The Bertz CT molecular complexity index is 427. The molecule has 2 aliphatic rings. The summed E-state index contributed by atoms with van der Waals surface area (Å²) in [5.41, 5.74) is 4.43. The molecule has 3 rings (SSSR count). The van der Waals surface area contributed by atoms with Crippen molar-refractivity contribution in [2.24, 2.45) is 0 Å². The maximum absolute atomic E-state index is 5.99. The number of fused-ring (bicyclic) bond motifs is 2. The lowest BCUT2D eigenvalue weighted by atomic mass is 9.93. The van der Waals surface area contributed by atoms with E-state index in [4.69, 9.17) is 4.74 Å². The lowest BCUT2D eigenvalue weighted by Gasteiger charge is -2.31. The second-order valence-electron chi connectivity index (χ2n) is 5.29. The molecule has 0 aromatic heterocycles. The monoisotopic (exact) mass is 231 g/mol. The van der Waals surface area contributed by atoms with Crippen LogP contribution < -0.4 is 10.1 Å². The highest BCUT2D eigenvalue weighted by Crippen LogP contribution is 2.38. The van der Waals surface area contributed by atoms with Crippen molar-refractivity contribution in [3.05, 3.63) is 28.8 Å². The summed E-state index contributed by atoms with van der Waals surface area (Å²) in [5, 5.41) is 3.58. The van der Waals surface area contributed by atoms with Gasteiger partial charge in [-0.25, -0.2) is 0 Å². The second kappa shape index (κ2) is 4.34. The number of rotatable bonds is 2. The fourth-order valence-corrected chi connectivity index (χ4v) is 3.16. The number of nitrogens with one attached hydrogen (secondary N) is 1. The van der Waals surface area contributed by atoms with Crippen LogP contribution in [0.15, 0.2) is 12.1 Å². The van der Waals surface area contributed by atoms with Crippen LogP contribution >= 0.6 is 0 Å². The van der Waals surface area contributed by atoms with Gasteiger partial charge >= 0.3 is 0 Å². The van der Waals surface area contributed by atoms with Crippen molar-refractivity contribution in [3.63, 3.8) is 0 Å². The topological polar surface area (TPSA) is 21.3 Å². The Hall–Kier alpha value is -1.02. The summed E-state index contributed by atoms with van der Waals surface area (Å²) in [6.07, 6.45) is 5.19. The lowest BCUT2D eigenvalue weighted by Crippen LogP contribution is -2.31. The van der Waals surface area contributed by atoms with Crippen molar-refractivity contribution >= 4 is 0 Å². The number of hydrogen-bond acceptors (Lipinski definition) is 2. The second-order valence-corrected chi connectivity index (χ2v) is 5.29. The largest absolute Gasteiger partial charge is 0.490 e. The minimum atomic E-state index is 0.325. The summed E-state index contributed by atoms with van der Waals surface area (Å²) in [4.78, 5) is 0. The van der Waals surface area contributed by atoms with Gasteiger partial charge in [-0.3, -0.25) is 0 Å². The quantitative estimate of drug-likeness (QED) is 0.845. The minimum absolute atomic E-state index is 0.325. The summed E-state index contributed by atoms with van der Waals surface area (Å²) < 4.78 is 5.99. The molecule has 1 heterocycles. The molecule has 1 N–H and O–H groups in total. The van der Waals surface area contributed by atoms with Crippen molar-refractivity contribution < 1.29 is 4.74 Å². The van der Waals surface area contributed by atoms with Crippen molar-refractivity contribution in [1.29, 1.82) is 0 Å². The zero-order valence-electron chi connectivity index (χ0n) is 10.8. The standard InChI is InChI=1S/C15H21NO/c1-3-16-14-7-10(2)17-15-9-12-6-4-5-11(12)8-13(14)15/h8-10,14,16H,3-7H2,1-2H3. The van der Waals surface area contributed by atoms with Crippen LogP contribution in [0.1, 0.15) is 49.4 Å².